The van der Waals surface area contributed by atoms with Gasteiger partial charge < -0.3 is 9.88 Å². The lowest BCUT2D eigenvalue weighted by Gasteiger charge is -2.17. The van der Waals surface area contributed by atoms with E-state index in [1.54, 1.807) is 0 Å². The van der Waals surface area contributed by atoms with Crippen molar-refractivity contribution in [1.29, 1.82) is 0 Å². The minimum absolute atomic E-state index is 0.0948. The van der Waals surface area contributed by atoms with Crippen molar-refractivity contribution in [2.45, 2.75) is 26.4 Å². The highest BCUT2D eigenvalue weighted by atomic mass is 16.1. The molecule has 0 aliphatic carbocycles. The summed E-state index contributed by atoms with van der Waals surface area (Å²) < 4.78 is 2.20. The van der Waals surface area contributed by atoms with E-state index in [4.69, 9.17) is 4.98 Å². The third-order valence-electron chi connectivity index (χ3n) is 5.04. The first kappa shape index (κ1) is 18.0. The molecule has 0 aliphatic heterocycles. The summed E-state index contributed by atoms with van der Waals surface area (Å²) in [5.41, 5.74) is 5.14. The second kappa shape index (κ2) is 7.69. The second-order valence-corrected chi connectivity index (χ2v) is 7.03. The van der Waals surface area contributed by atoms with Gasteiger partial charge in [-0.2, -0.15) is 0 Å². The molecule has 4 heteroatoms. The van der Waals surface area contributed by atoms with E-state index < -0.39 is 0 Å². The van der Waals surface area contributed by atoms with Crippen molar-refractivity contribution in [2.75, 3.05) is 0 Å². The Morgan fingerprint density at radius 2 is 1.64 bits per heavy atom. The van der Waals surface area contributed by atoms with Crippen LogP contribution in [-0.4, -0.2) is 15.5 Å². The number of rotatable bonds is 5. The van der Waals surface area contributed by atoms with Crippen LogP contribution in [0.5, 0.6) is 0 Å². The first-order valence-electron chi connectivity index (χ1n) is 9.49. The van der Waals surface area contributed by atoms with Gasteiger partial charge in [0.05, 0.1) is 17.1 Å². The Labute approximate surface area is 164 Å². The molecule has 4 nitrogen and oxygen atoms in total. The van der Waals surface area contributed by atoms with Crippen LogP contribution in [0, 0.1) is 6.92 Å². The van der Waals surface area contributed by atoms with Crippen molar-refractivity contribution < 1.29 is 4.79 Å². The number of nitrogens with one attached hydrogen (secondary N) is 1. The number of carbonyl (C=O) groups is 1. The average Bonchev–Trinajstić information content (AvgIpc) is 3.09. The normalized spacial score (nSPS) is 12.1. The third-order valence-corrected chi connectivity index (χ3v) is 5.04. The summed E-state index contributed by atoms with van der Waals surface area (Å²) in [7, 11) is 0. The van der Waals surface area contributed by atoms with Crippen molar-refractivity contribution >= 4 is 16.9 Å². The van der Waals surface area contributed by atoms with Crippen molar-refractivity contribution in [2.24, 2.45) is 0 Å². The van der Waals surface area contributed by atoms with E-state index >= 15 is 0 Å². The van der Waals surface area contributed by atoms with Gasteiger partial charge in [-0.1, -0.05) is 54.6 Å². The number of para-hydroxylation sites is 2. The smallest absolute Gasteiger partial charge is 0.251 e. The number of amides is 1. The highest BCUT2D eigenvalue weighted by molar-refractivity contribution is 5.94. The quantitative estimate of drug-likeness (QED) is 0.545. The molecular weight excluding hydrogens is 346 g/mol. The van der Waals surface area contributed by atoms with Crippen LogP contribution >= 0.6 is 0 Å². The molecule has 0 radical (unpaired) electrons. The molecule has 0 spiro atoms. The van der Waals surface area contributed by atoms with E-state index in [9.17, 15) is 4.79 Å². The lowest BCUT2D eigenvalue weighted by atomic mass is 10.1. The lowest BCUT2D eigenvalue weighted by Crippen LogP contribution is -2.28. The molecule has 4 aromatic rings. The van der Waals surface area contributed by atoms with Crippen molar-refractivity contribution in [3.05, 3.63) is 101 Å². The third kappa shape index (κ3) is 3.54. The average molecular weight is 369 g/mol. The van der Waals surface area contributed by atoms with Gasteiger partial charge >= 0.3 is 0 Å². The fraction of sp³-hybridized carbons (Fsp3) is 0.167. The number of benzene rings is 3. The van der Waals surface area contributed by atoms with Crippen LogP contribution in [0.4, 0.5) is 0 Å². The van der Waals surface area contributed by atoms with Gasteiger partial charge in [0.1, 0.15) is 5.82 Å². The topological polar surface area (TPSA) is 46.9 Å². The molecule has 1 N–H and O–H groups in total. The molecule has 0 unspecified atom stereocenters. The van der Waals surface area contributed by atoms with Crippen LogP contribution in [0.15, 0.2) is 78.9 Å². The summed E-state index contributed by atoms with van der Waals surface area (Å²) in [6, 6.07) is 25.5. The number of hydrogen-bond donors (Lipinski definition) is 1. The summed E-state index contributed by atoms with van der Waals surface area (Å²) in [6.07, 6.45) is 0. The van der Waals surface area contributed by atoms with Crippen LogP contribution < -0.4 is 5.32 Å². The maximum absolute atomic E-state index is 12.6. The van der Waals surface area contributed by atoms with E-state index in [0.29, 0.717) is 12.1 Å². The Hall–Kier alpha value is -3.40. The van der Waals surface area contributed by atoms with Crippen LogP contribution in [0.1, 0.15) is 40.3 Å². The largest absolute Gasteiger partial charge is 0.342 e. The Bertz CT molecular complexity index is 1120. The zero-order chi connectivity index (χ0) is 19.5. The maximum atomic E-state index is 12.6. The van der Waals surface area contributed by atoms with Crippen molar-refractivity contribution in [3.63, 3.8) is 0 Å². The van der Waals surface area contributed by atoms with Gasteiger partial charge in [-0.25, -0.2) is 4.98 Å². The molecule has 1 heterocycles. The standard InChI is InChI=1S/C24H23N3O/c1-17-10-6-7-13-20(17)16-27-22-15-9-8-14-21(22)26-23(27)18(2)25-24(28)19-11-4-3-5-12-19/h3-15,18H,16H2,1-2H3,(H,25,28)/t18-/m0/s1. The summed E-state index contributed by atoms with van der Waals surface area (Å²) >= 11 is 0. The molecule has 1 atom stereocenters. The summed E-state index contributed by atoms with van der Waals surface area (Å²) in [6.45, 7) is 4.82. The highest BCUT2D eigenvalue weighted by Crippen LogP contribution is 2.23. The Balaban J connectivity index is 1.70. The van der Waals surface area contributed by atoms with Gasteiger partial charge in [0.25, 0.3) is 5.91 Å². The maximum Gasteiger partial charge on any atom is 0.251 e. The number of aromatic nitrogens is 2. The van der Waals surface area contributed by atoms with Crippen molar-refractivity contribution in [3.8, 4) is 0 Å². The van der Waals surface area contributed by atoms with Crippen LogP contribution in [-0.2, 0) is 6.54 Å². The van der Waals surface area contributed by atoms with E-state index in [1.807, 2.05) is 55.5 Å². The van der Waals surface area contributed by atoms with Crippen LogP contribution in [0.3, 0.4) is 0 Å². The molecule has 1 aromatic heterocycles. The molecule has 0 fully saturated rings. The minimum Gasteiger partial charge on any atom is -0.342 e. The Kier molecular flexibility index (Phi) is 4.94. The number of nitrogens with zero attached hydrogens (tertiary/aromatic N) is 2. The summed E-state index contributed by atoms with van der Waals surface area (Å²) in [5, 5.41) is 3.09. The second-order valence-electron chi connectivity index (χ2n) is 7.03. The van der Waals surface area contributed by atoms with Gasteiger partial charge in [0, 0.05) is 12.1 Å². The number of hydrogen-bond acceptors (Lipinski definition) is 2. The molecule has 0 saturated carbocycles. The summed E-state index contributed by atoms with van der Waals surface area (Å²) in [5.74, 6) is 0.760. The SMILES string of the molecule is Cc1ccccc1Cn1c([C@H](C)NC(=O)c2ccccc2)nc2ccccc21. The molecular formula is C24H23N3O. The lowest BCUT2D eigenvalue weighted by molar-refractivity contribution is 0.0938. The first-order valence-corrected chi connectivity index (χ1v) is 9.49. The number of fused-ring (bicyclic) bond motifs is 1. The van der Waals surface area contributed by atoms with Gasteiger partial charge in [-0.05, 0) is 49.2 Å². The van der Waals surface area contributed by atoms with E-state index in [1.165, 1.54) is 11.1 Å². The monoisotopic (exact) mass is 369 g/mol. The first-order chi connectivity index (χ1) is 13.6. The zero-order valence-corrected chi connectivity index (χ0v) is 16.1. The fourth-order valence-electron chi connectivity index (χ4n) is 3.48. The van der Waals surface area contributed by atoms with E-state index in [-0.39, 0.29) is 11.9 Å². The summed E-state index contributed by atoms with van der Waals surface area (Å²) in [4.78, 5) is 17.5. The highest BCUT2D eigenvalue weighted by Gasteiger charge is 2.19. The molecule has 4 rings (SSSR count). The molecule has 0 aliphatic rings. The van der Waals surface area contributed by atoms with Gasteiger partial charge in [0.15, 0.2) is 0 Å². The van der Waals surface area contributed by atoms with Crippen LogP contribution in [0.2, 0.25) is 0 Å². The molecule has 140 valence electrons. The van der Waals surface area contributed by atoms with Crippen molar-refractivity contribution in [1.82, 2.24) is 14.9 Å². The predicted molar refractivity (Wildman–Crippen MR) is 112 cm³/mol. The molecule has 28 heavy (non-hydrogen) atoms. The molecule has 0 saturated heterocycles. The predicted octanol–water partition coefficient (Wildman–Crippen LogP) is 4.88. The van der Waals surface area contributed by atoms with Crippen LogP contribution in [0.25, 0.3) is 11.0 Å². The van der Waals surface area contributed by atoms with E-state index in [0.717, 1.165) is 16.9 Å². The Morgan fingerprint density at radius 1 is 0.964 bits per heavy atom. The van der Waals surface area contributed by atoms with Gasteiger partial charge in [0.2, 0.25) is 0 Å². The number of imidazole rings is 1. The molecule has 1 amide bonds. The van der Waals surface area contributed by atoms with Gasteiger partial charge in [-0.3, -0.25) is 4.79 Å². The van der Waals surface area contributed by atoms with Gasteiger partial charge in [-0.15, -0.1) is 0 Å². The fourth-order valence-corrected chi connectivity index (χ4v) is 3.48. The zero-order valence-electron chi connectivity index (χ0n) is 16.1. The Morgan fingerprint density at radius 3 is 2.43 bits per heavy atom. The number of aryl methyl sites for hydroxylation is 1. The van der Waals surface area contributed by atoms with E-state index in [2.05, 4.69) is 47.1 Å². The molecule has 3 aromatic carbocycles. The molecule has 0 bridgehead atoms. The number of carbonyl (C=O) groups excluding carboxylic acids is 1. The minimum atomic E-state index is -0.218.